The fourth-order valence-corrected chi connectivity index (χ4v) is 2.95. The molecule has 2 aromatic carbocycles. The lowest BCUT2D eigenvalue weighted by molar-refractivity contribution is -0.385. The average molecular weight is 344 g/mol. The van der Waals surface area contributed by atoms with Crippen LogP contribution in [0.5, 0.6) is 0 Å². The van der Waals surface area contributed by atoms with Crippen LogP contribution >= 0.6 is 11.8 Å². The Kier molecular flexibility index (Phi) is 3.96. The van der Waals surface area contributed by atoms with Crippen molar-refractivity contribution in [3.63, 3.8) is 0 Å². The van der Waals surface area contributed by atoms with Gasteiger partial charge in [0, 0.05) is 34.7 Å². The van der Waals surface area contributed by atoms with Crippen LogP contribution in [-0.2, 0) is 0 Å². The Balaban J connectivity index is 1.96. The van der Waals surface area contributed by atoms with Crippen molar-refractivity contribution >= 4 is 40.5 Å². The van der Waals surface area contributed by atoms with E-state index in [9.17, 15) is 25.0 Å². The van der Waals surface area contributed by atoms with E-state index in [0.29, 0.717) is 27.4 Å². The summed E-state index contributed by atoms with van der Waals surface area (Å²) >= 11 is 1.11. The molecule has 0 saturated heterocycles. The zero-order chi connectivity index (χ0) is 17.3. The number of nitro benzene ring substituents is 2. The number of H-pyrrole nitrogens is 1. The Morgan fingerprint density at radius 1 is 1.04 bits per heavy atom. The zero-order valence-corrected chi connectivity index (χ0v) is 12.6. The Morgan fingerprint density at radius 3 is 2.38 bits per heavy atom. The second kappa shape index (κ2) is 6.08. The Morgan fingerprint density at radius 2 is 1.71 bits per heavy atom. The summed E-state index contributed by atoms with van der Waals surface area (Å²) < 4.78 is 0. The molecule has 9 nitrogen and oxygen atoms in total. The third kappa shape index (κ3) is 2.94. The van der Waals surface area contributed by atoms with Gasteiger partial charge in [-0.15, -0.1) is 0 Å². The van der Waals surface area contributed by atoms with Crippen molar-refractivity contribution < 1.29 is 14.6 Å². The van der Waals surface area contributed by atoms with E-state index < -0.39 is 9.85 Å². The van der Waals surface area contributed by atoms with Crippen molar-refractivity contribution in [1.29, 1.82) is 0 Å². The topological polar surface area (TPSA) is 132 Å². The van der Waals surface area contributed by atoms with Crippen LogP contribution in [-0.4, -0.2) is 26.1 Å². The molecule has 1 aromatic heterocycles. The SMILES string of the molecule is O=Cc1cc([N+](=O)[O-])ccc1Sc1nc2ccc([N+](=O)[O-])cc2[nH]1. The van der Waals surface area contributed by atoms with Crippen LogP contribution in [0.15, 0.2) is 46.5 Å². The van der Waals surface area contributed by atoms with E-state index in [1.165, 1.54) is 36.4 Å². The Bertz CT molecular complexity index is 984. The van der Waals surface area contributed by atoms with Gasteiger partial charge in [0.1, 0.15) is 0 Å². The minimum atomic E-state index is -0.582. The number of benzene rings is 2. The number of nitrogens with zero attached hydrogens (tertiary/aromatic N) is 3. The number of non-ortho nitro benzene ring substituents is 2. The van der Waals surface area contributed by atoms with Gasteiger partial charge in [0.25, 0.3) is 11.4 Å². The lowest BCUT2D eigenvalue weighted by atomic mass is 10.2. The number of hydrogen-bond acceptors (Lipinski definition) is 7. The number of carbonyl (C=O) groups excluding carboxylic acids is 1. The summed E-state index contributed by atoms with van der Waals surface area (Å²) in [6.07, 6.45) is 0.531. The van der Waals surface area contributed by atoms with Crippen molar-refractivity contribution in [3.8, 4) is 0 Å². The molecule has 0 aliphatic heterocycles. The monoisotopic (exact) mass is 344 g/mol. The molecule has 0 aliphatic rings. The number of nitro groups is 2. The number of rotatable bonds is 5. The van der Waals surface area contributed by atoms with Gasteiger partial charge in [-0.25, -0.2) is 4.98 Å². The van der Waals surface area contributed by atoms with Crippen LogP contribution in [0.25, 0.3) is 11.0 Å². The van der Waals surface area contributed by atoms with Crippen molar-refractivity contribution in [3.05, 3.63) is 62.2 Å². The van der Waals surface area contributed by atoms with Crippen LogP contribution in [0.1, 0.15) is 10.4 Å². The maximum atomic E-state index is 11.1. The van der Waals surface area contributed by atoms with Crippen LogP contribution in [0.4, 0.5) is 11.4 Å². The predicted molar refractivity (Wildman–Crippen MR) is 85.4 cm³/mol. The van der Waals surface area contributed by atoms with Gasteiger partial charge in [0.2, 0.25) is 0 Å². The molecule has 0 spiro atoms. The summed E-state index contributed by atoms with van der Waals surface area (Å²) in [6, 6.07) is 8.17. The Hall–Kier alpha value is -3.27. The maximum absolute atomic E-state index is 11.1. The smallest absolute Gasteiger partial charge is 0.271 e. The first kappa shape index (κ1) is 15.6. The molecule has 10 heteroatoms. The largest absolute Gasteiger partial charge is 0.332 e. The number of imidazole rings is 1. The highest BCUT2D eigenvalue weighted by atomic mass is 32.2. The molecule has 3 rings (SSSR count). The van der Waals surface area contributed by atoms with Gasteiger partial charge in [0.05, 0.1) is 20.9 Å². The predicted octanol–water partition coefficient (Wildman–Crippen LogP) is 3.34. The van der Waals surface area contributed by atoms with E-state index in [4.69, 9.17) is 0 Å². The number of aldehydes is 1. The van der Waals surface area contributed by atoms with E-state index in [1.54, 1.807) is 0 Å². The molecule has 1 N–H and O–H groups in total. The van der Waals surface area contributed by atoms with Gasteiger partial charge >= 0.3 is 0 Å². The molecule has 3 aromatic rings. The van der Waals surface area contributed by atoms with Gasteiger partial charge in [-0.2, -0.15) is 0 Å². The highest BCUT2D eigenvalue weighted by Crippen LogP contribution is 2.32. The lowest BCUT2D eigenvalue weighted by Crippen LogP contribution is -1.92. The third-order valence-electron chi connectivity index (χ3n) is 3.19. The summed E-state index contributed by atoms with van der Waals surface area (Å²) in [6.45, 7) is 0. The molecule has 0 bridgehead atoms. The fourth-order valence-electron chi connectivity index (χ4n) is 2.07. The molecule has 0 saturated carbocycles. The quantitative estimate of drug-likeness (QED) is 0.426. The number of carbonyl (C=O) groups is 1. The lowest BCUT2D eigenvalue weighted by Gasteiger charge is -2.01. The van der Waals surface area contributed by atoms with Crippen LogP contribution < -0.4 is 0 Å². The normalized spacial score (nSPS) is 10.7. The summed E-state index contributed by atoms with van der Waals surface area (Å²) in [7, 11) is 0. The minimum Gasteiger partial charge on any atom is -0.332 e. The number of fused-ring (bicyclic) bond motifs is 1. The maximum Gasteiger partial charge on any atom is 0.271 e. The fraction of sp³-hybridized carbons (Fsp3) is 0. The summed E-state index contributed by atoms with van der Waals surface area (Å²) in [5.74, 6) is 0. The molecule has 0 radical (unpaired) electrons. The Labute approximate surface area is 138 Å². The first-order valence-electron chi connectivity index (χ1n) is 6.53. The molecule has 0 fully saturated rings. The van der Waals surface area contributed by atoms with E-state index in [2.05, 4.69) is 9.97 Å². The van der Waals surface area contributed by atoms with Gasteiger partial charge in [-0.3, -0.25) is 25.0 Å². The summed E-state index contributed by atoms with van der Waals surface area (Å²) in [4.78, 5) is 39.3. The van der Waals surface area contributed by atoms with E-state index in [1.807, 2.05) is 0 Å². The summed E-state index contributed by atoms with van der Waals surface area (Å²) in [5, 5.41) is 22.0. The van der Waals surface area contributed by atoms with Crippen molar-refractivity contribution in [2.45, 2.75) is 10.1 Å². The first-order valence-corrected chi connectivity index (χ1v) is 7.35. The van der Waals surface area contributed by atoms with Crippen molar-refractivity contribution in [2.75, 3.05) is 0 Å². The van der Waals surface area contributed by atoms with Gasteiger partial charge in [0.15, 0.2) is 11.4 Å². The standard InChI is InChI=1S/C14H8N4O5S/c19-7-8-5-9(17(20)21)2-4-13(8)24-14-15-11-3-1-10(18(22)23)6-12(11)16-14/h1-7H,(H,15,16). The van der Waals surface area contributed by atoms with Gasteiger partial charge in [-0.05, 0) is 12.1 Å². The molecule has 1 heterocycles. The van der Waals surface area contributed by atoms with Crippen LogP contribution in [0.3, 0.4) is 0 Å². The van der Waals surface area contributed by atoms with E-state index in [0.717, 1.165) is 11.8 Å². The second-order valence-corrected chi connectivity index (χ2v) is 5.73. The molecule has 0 amide bonds. The molecular weight excluding hydrogens is 336 g/mol. The highest BCUT2D eigenvalue weighted by molar-refractivity contribution is 7.99. The van der Waals surface area contributed by atoms with E-state index >= 15 is 0 Å². The van der Waals surface area contributed by atoms with E-state index in [-0.39, 0.29) is 16.9 Å². The molecule has 0 atom stereocenters. The third-order valence-corrected chi connectivity index (χ3v) is 4.17. The zero-order valence-electron chi connectivity index (χ0n) is 11.8. The average Bonchev–Trinajstić information content (AvgIpc) is 2.96. The molecule has 0 unspecified atom stereocenters. The molecule has 120 valence electrons. The number of aromatic amines is 1. The number of nitrogens with one attached hydrogen (secondary N) is 1. The number of aromatic nitrogens is 2. The molecular formula is C14H8N4O5S. The molecule has 24 heavy (non-hydrogen) atoms. The minimum absolute atomic E-state index is 0.0633. The second-order valence-electron chi connectivity index (χ2n) is 4.70. The van der Waals surface area contributed by atoms with Crippen LogP contribution in [0.2, 0.25) is 0 Å². The molecule has 0 aliphatic carbocycles. The van der Waals surface area contributed by atoms with Crippen LogP contribution in [0, 0.1) is 20.2 Å². The first-order chi connectivity index (χ1) is 11.5. The number of hydrogen-bond donors (Lipinski definition) is 1. The summed E-state index contributed by atoms with van der Waals surface area (Å²) in [5.41, 5.74) is 0.952. The highest BCUT2D eigenvalue weighted by Gasteiger charge is 2.14. The van der Waals surface area contributed by atoms with Gasteiger partial charge in [-0.1, -0.05) is 11.8 Å². The van der Waals surface area contributed by atoms with Gasteiger partial charge < -0.3 is 4.98 Å². The van der Waals surface area contributed by atoms with Crippen molar-refractivity contribution in [2.24, 2.45) is 0 Å². The van der Waals surface area contributed by atoms with Crippen molar-refractivity contribution in [1.82, 2.24) is 9.97 Å².